The quantitative estimate of drug-likeness (QED) is 0.767. The second-order valence-electron chi connectivity index (χ2n) is 5.61. The second-order valence-corrected chi connectivity index (χ2v) is 5.61. The molecule has 0 saturated heterocycles. The molecule has 2 heteroatoms. The molecule has 0 unspecified atom stereocenters. The van der Waals surface area contributed by atoms with Crippen LogP contribution in [0.5, 0.6) is 0 Å². The Morgan fingerprint density at radius 1 is 0.750 bits per heavy atom. The largest absolute Gasteiger partial charge is 0.314 e. The van der Waals surface area contributed by atoms with Gasteiger partial charge in [-0.05, 0) is 45.1 Å². The summed E-state index contributed by atoms with van der Waals surface area (Å²) in [5.41, 5.74) is 0. The molecule has 2 N–H and O–H groups in total. The van der Waals surface area contributed by atoms with E-state index in [9.17, 15) is 0 Å². The zero-order valence-electron chi connectivity index (χ0n) is 10.8. The van der Waals surface area contributed by atoms with E-state index in [0.717, 1.165) is 24.7 Å². The van der Waals surface area contributed by atoms with Crippen LogP contribution in [0, 0.1) is 0 Å². The lowest BCUT2D eigenvalue weighted by atomic mass is 9.88. The maximum atomic E-state index is 3.89. The van der Waals surface area contributed by atoms with E-state index < -0.39 is 0 Å². The summed E-state index contributed by atoms with van der Waals surface area (Å²) in [6.07, 6.45) is 12.7. The number of hydrogen-bond acceptors (Lipinski definition) is 2. The second kappa shape index (κ2) is 6.61. The maximum Gasteiger partial charge on any atom is 0.00708 e. The van der Waals surface area contributed by atoms with E-state index in [1.165, 1.54) is 57.8 Å². The van der Waals surface area contributed by atoms with Gasteiger partial charge in [-0.3, -0.25) is 0 Å². The molecule has 2 saturated carbocycles. The average Bonchev–Trinajstić information content (AvgIpc) is 2.33. The van der Waals surface area contributed by atoms with Crippen molar-refractivity contribution in [3.05, 3.63) is 0 Å². The van der Waals surface area contributed by atoms with Crippen LogP contribution in [0.15, 0.2) is 0 Å². The molecule has 2 fully saturated rings. The first-order chi connectivity index (χ1) is 7.88. The molecule has 0 radical (unpaired) electrons. The molecule has 2 rings (SSSR count). The molecule has 0 bridgehead atoms. The van der Waals surface area contributed by atoms with Gasteiger partial charge in [0.25, 0.3) is 0 Å². The Hall–Kier alpha value is -0.0800. The lowest BCUT2D eigenvalue weighted by molar-refractivity contribution is 0.264. The van der Waals surface area contributed by atoms with E-state index in [2.05, 4.69) is 17.6 Å². The van der Waals surface area contributed by atoms with Gasteiger partial charge in [0.05, 0.1) is 0 Å². The third-order valence-electron chi connectivity index (χ3n) is 4.30. The summed E-state index contributed by atoms with van der Waals surface area (Å²) in [5.74, 6) is 0. The highest BCUT2D eigenvalue weighted by Gasteiger charge is 2.23. The minimum Gasteiger partial charge on any atom is -0.314 e. The molecular weight excluding hydrogens is 196 g/mol. The van der Waals surface area contributed by atoms with Crippen LogP contribution in [-0.4, -0.2) is 24.7 Å². The highest BCUT2D eigenvalue weighted by molar-refractivity contribution is 4.84. The molecule has 2 nitrogen and oxygen atoms in total. The van der Waals surface area contributed by atoms with Gasteiger partial charge in [-0.15, -0.1) is 0 Å². The van der Waals surface area contributed by atoms with Crippen molar-refractivity contribution in [2.24, 2.45) is 0 Å². The third kappa shape index (κ3) is 3.74. The van der Waals surface area contributed by atoms with Crippen LogP contribution in [0.2, 0.25) is 0 Å². The Morgan fingerprint density at radius 2 is 1.31 bits per heavy atom. The van der Waals surface area contributed by atoms with Gasteiger partial charge in [-0.2, -0.15) is 0 Å². The normalized spacial score (nSPS) is 32.8. The van der Waals surface area contributed by atoms with Crippen LogP contribution >= 0.6 is 0 Å². The summed E-state index contributed by atoms with van der Waals surface area (Å²) in [6, 6.07) is 2.46. The first-order valence-corrected chi connectivity index (χ1v) is 7.38. The van der Waals surface area contributed by atoms with Crippen LogP contribution in [0.25, 0.3) is 0 Å². The van der Waals surface area contributed by atoms with Crippen LogP contribution in [0.3, 0.4) is 0 Å². The zero-order valence-corrected chi connectivity index (χ0v) is 10.8. The lowest BCUT2D eigenvalue weighted by Gasteiger charge is -2.33. The van der Waals surface area contributed by atoms with Gasteiger partial charge < -0.3 is 10.6 Å². The Labute approximate surface area is 101 Å². The first kappa shape index (κ1) is 12.4. The van der Waals surface area contributed by atoms with E-state index in [1.807, 2.05) is 0 Å². The summed E-state index contributed by atoms with van der Waals surface area (Å²) in [5, 5.41) is 7.47. The highest BCUT2D eigenvalue weighted by atomic mass is 15.0. The number of hydrogen-bond donors (Lipinski definition) is 2. The molecule has 2 aliphatic rings. The first-order valence-electron chi connectivity index (χ1n) is 7.38. The minimum atomic E-state index is 0.800. The van der Waals surface area contributed by atoms with Crippen molar-refractivity contribution in [2.75, 3.05) is 6.54 Å². The molecular formula is C14H28N2. The van der Waals surface area contributed by atoms with Gasteiger partial charge in [-0.25, -0.2) is 0 Å². The SMILES string of the molecule is CCNC1CCC(NC2CCCCC2)CC1. The van der Waals surface area contributed by atoms with Gasteiger partial charge in [0, 0.05) is 18.1 Å². The average molecular weight is 224 g/mol. The molecule has 0 aliphatic heterocycles. The van der Waals surface area contributed by atoms with E-state index in [-0.39, 0.29) is 0 Å². The molecule has 0 aromatic carbocycles. The van der Waals surface area contributed by atoms with Crippen molar-refractivity contribution < 1.29 is 0 Å². The highest BCUT2D eigenvalue weighted by Crippen LogP contribution is 2.23. The van der Waals surface area contributed by atoms with E-state index >= 15 is 0 Å². The van der Waals surface area contributed by atoms with Gasteiger partial charge in [-0.1, -0.05) is 26.2 Å². The van der Waals surface area contributed by atoms with Crippen LogP contribution < -0.4 is 10.6 Å². The predicted molar refractivity (Wildman–Crippen MR) is 69.7 cm³/mol. The van der Waals surface area contributed by atoms with Crippen LogP contribution in [0.4, 0.5) is 0 Å². The standard InChI is InChI=1S/C14H28N2/c1-2-15-12-8-10-14(11-9-12)16-13-6-4-3-5-7-13/h12-16H,2-11H2,1H3. The van der Waals surface area contributed by atoms with Crippen molar-refractivity contribution in [3.63, 3.8) is 0 Å². The Bertz CT molecular complexity index is 179. The monoisotopic (exact) mass is 224 g/mol. The lowest BCUT2D eigenvalue weighted by Crippen LogP contribution is -2.44. The van der Waals surface area contributed by atoms with Crippen molar-refractivity contribution >= 4 is 0 Å². The fourth-order valence-electron chi connectivity index (χ4n) is 3.36. The van der Waals surface area contributed by atoms with Crippen LogP contribution in [-0.2, 0) is 0 Å². The fourth-order valence-corrected chi connectivity index (χ4v) is 3.36. The van der Waals surface area contributed by atoms with Crippen molar-refractivity contribution in [1.29, 1.82) is 0 Å². The summed E-state index contributed by atoms with van der Waals surface area (Å²) in [4.78, 5) is 0. The van der Waals surface area contributed by atoms with Crippen molar-refractivity contribution in [3.8, 4) is 0 Å². The maximum absolute atomic E-state index is 3.89. The van der Waals surface area contributed by atoms with Gasteiger partial charge in [0.1, 0.15) is 0 Å². The molecule has 0 aromatic rings. The van der Waals surface area contributed by atoms with Crippen molar-refractivity contribution in [2.45, 2.75) is 82.8 Å². The van der Waals surface area contributed by atoms with Crippen molar-refractivity contribution in [1.82, 2.24) is 10.6 Å². The topological polar surface area (TPSA) is 24.1 Å². The zero-order chi connectivity index (χ0) is 11.2. The Morgan fingerprint density at radius 3 is 1.94 bits per heavy atom. The van der Waals surface area contributed by atoms with Crippen LogP contribution in [0.1, 0.15) is 64.7 Å². The number of rotatable bonds is 4. The Balaban J connectivity index is 1.64. The predicted octanol–water partition coefficient (Wildman–Crippen LogP) is 2.83. The van der Waals surface area contributed by atoms with Gasteiger partial charge >= 0.3 is 0 Å². The molecule has 0 spiro atoms. The fraction of sp³-hybridized carbons (Fsp3) is 1.00. The molecule has 0 heterocycles. The molecule has 94 valence electrons. The minimum absolute atomic E-state index is 0.800. The molecule has 2 aliphatic carbocycles. The van der Waals surface area contributed by atoms with Gasteiger partial charge in [0.2, 0.25) is 0 Å². The third-order valence-corrected chi connectivity index (χ3v) is 4.30. The smallest absolute Gasteiger partial charge is 0.00708 e. The summed E-state index contributed by atoms with van der Waals surface area (Å²) in [6.45, 7) is 3.34. The number of nitrogens with one attached hydrogen (secondary N) is 2. The molecule has 16 heavy (non-hydrogen) atoms. The van der Waals surface area contributed by atoms with E-state index in [4.69, 9.17) is 0 Å². The van der Waals surface area contributed by atoms with E-state index in [0.29, 0.717) is 0 Å². The molecule has 0 amide bonds. The Kier molecular flexibility index (Phi) is 5.11. The summed E-state index contributed by atoms with van der Waals surface area (Å²) < 4.78 is 0. The molecule has 0 atom stereocenters. The molecule has 0 aromatic heterocycles. The van der Waals surface area contributed by atoms with E-state index in [1.54, 1.807) is 0 Å². The summed E-state index contributed by atoms with van der Waals surface area (Å²) in [7, 11) is 0. The van der Waals surface area contributed by atoms with Gasteiger partial charge in [0.15, 0.2) is 0 Å². The summed E-state index contributed by atoms with van der Waals surface area (Å²) >= 11 is 0.